The molecule has 0 bridgehead atoms. The Morgan fingerprint density at radius 3 is 2.57 bits per heavy atom. The topological polar surface area (TPSA) is 108 Å². The molecule has 1 atom stereocenters. The van der Waals surface area contributed by atoms with Gasteiger partial charge in [-0.05, 0) is 50.3 Å². The van der Waals surface area contributed by atoms with Crippen LogP contribution in [0.1, 0.15) is 31.7 Å². The van der Waals surface area contributed by atoms with Gasteiger partial charge in [-0.2, -0.15) is 0 Å². The van der Waals surface area contributed by atoms with E-state index in [-0.39, 0.29) is 25.1 Å². The van der Waals surface area contributed by atoms with Crippen LogP contribution in [-0.2, 0) is 16.0 Å². The molecular weight excluding hydrogens is 362 g/mol. The van der Waals surface area contributed by atoms with Crippen molar-refractivity contribution in [3.63, 3.8) is 0 Å². The molecule has 2 aliphatic rings. The molecule has 0 radical (unpaired) electrons. The molecule has 1 aliphatic carbocycles. The lowest BCUT2D eigenvalue weighted by atomic mass is 9.90. The molecule has 8 heteroatoms. The predicted molar refractivity (Wildman–Crippen MR) is 102 cm³/mol. The molecular formula is C20H27N3O5. The van der Waals surface area contributed by atoms with Gasteiger partial charge >= 0.3 is 12.0 Å². The summed E-state index contributed by atoms with van der Waals surface area (Å²) in [6, 6.07) is 7.51. The molecule has 1 unspecified atom stereocenters. The van der Waals surface area contributed by atoms with E-state index in [9.17, 15) is 19.5 Å². The molecule has 2 fully saturated rings. The summed E-state index contributed by atoms with van der Waals surface area (Å²) < 4.78 is 5.46. The molecule has 28 heavy (non-hydrogen) atoms. The zero-order chi connectivity index (χ0) is 20.1. The number of likely N-dealkylation sites (tertiary alicyclic amines) is 1. The standard InChI is InChI=1S/C20H27N3O5/c1-20(18(25)26)9-11-23(13-20)19(27)21-10-8-14-2-6-16(7-3-14)28-12-17(24)22-15-4-5-15/h2-3,6-7,15H,4-5,8-13H2,1H3,(H,21,27)(H,22,24)(H,25,26). The fourth-order valence-electron chi connectivity index (χ4n) is 3.13. The number of carbonyl (C=O) groups excluding carboxylic acids is 2. The van der Waals surface area contributed by atoms with Crippen LogP contribution >= 0.6 is 0 Å². The molecule has 3 amide bonds. The van der Waals surface area contributed by atoms with Crippen molar-refractivity contribution in [3.8, 4) is 5.75 Å². The number of amides is 3. The highest BCUT2D eigenvalue weighted by atomic mass is 16.5. The van der Waals surface area contributed by atoms with Gasteiger partial charge in [-0.15, -0.1) is 0 Å². The molecule has 1 heterocycles. The van der Waals surface area contributed by atoms with Crippen LogP contribution in [0.5, 0.6) is 5.75 Å². The molecule has 1 aromatic carbocycles. The van der Waals surface area contributed by atoms with Crippen LogP contribution in [0.15, 0.2) is 24.3 Å². The molecule has 3 N–H and O–H groups in total. The summed E-state index contributed by atoms with van der Waals surface area (Å²) in [6.07, 6.45) is 3.22. The Bertz CT molecular complexity index is 732. The molecule has 1 aromatic rings. The third kappa shape index (κ3) is 5.37. The summed E-state index contributed by atoms with van der Waals surface area (Å²) in [5.74, 6) is -0.339. The number of nitrogens with zero attached hydrogens (tertiary/aromatic N) is 1. The second-order valence-corrected chi connectivity index (χ2v) is 7.79. The SMILES string of the molecule is CC1(C(=O)O)CCN(C(=O)NCCc2ccc(OCC(=O)NC3CC3)cc2)C1. The van der Waals surface area contributed by atoms with Crippen molar-refractivity contribution in [2.75, 3.05) is 26.2 Å². The van der Waals surface area contributed by atoms with Crippen LogP contribution < -0.4 is 15.4 Å². The molecule has 0 spiro atoms. The van der Waals surface area contributed by atoms with Crippen LogP contribution in [0.25, 0.3) is 0 Å². The first-order valence-corrected chi connectivity index (χ1v) is 9.63. The fourth-order valence-corrected chi connectivity index (χ4v) is 3.13. The number of nitrogens with one attached hydrogen (secondary N) is 2. The summed E-state index contributed by atoms with van der Waals surface area (Å²) >= 11 is 0. The Kier molecular flexibility index (Phi) is 6.06. The van der Waals surface area contributed by atoms with Crippen LogP contribution in [0, 0.1) is 5.41 Å². The molecule has 3 rings (SSSR count). The minimum absolute atomic E-state index is 0.0109. The molecule has 152 valence electrons. The highest BCUT2D eigenvalue weighted by Gasteiger charge is 2.42. The highest BCUT2D eigenvalue weighted by molar-refractivity contribution is 5.79. The van der Waals surface area contributed by atoms with Gasteiger partial charge in [-0.25, -0.2) is 4.79 Å². The second-order valence-electron chi connectivity index (χ2n) is 7.79. The zero-order valence-corrected chi connectivity index (χ0v) is 16.1. The Morgan fingerprint density at radius 2 is 1.96 bits per heavy atom. The first kappa shape index (κ1) is 20.0. The number of carboxylic acid groups (broad SMARTS) is 1. The van der Waals surface area contributed by atoms with E-state index in [4.69, 9.17) is 4.74 Å². The van der Waals surface area contributed by atoms with Crippen molar-refractivity contribution in [1.82, 2.24) is 15.5 Å². The molecule has 8 nitrogen and oxygen atoms in total. The van der Waals surface area contributed by atoms with E-state index in [1.807, 2.05) is 12.1 Å². The lowest BCUT2D eigenvalue weighted by Crippen LogP contribution is -2.41. The van der Waals surface area contributed by atoms with Crippen molar-refractivity contribution in [3.05, 3.63) is 29.8 Å². The maximum absolute atomic E-state index is 12.2. The minimum Gasteiger partial charge on any atom is -0.484 e. The van der Waals surface area contributed by atoms with E-state index in [0.29, 0.717) is 37.7 Å². The number of carbonyl (C=O) groups is 3. The van der Waals surface area contributed by atoms with Crippen LogP contribution in [-0.4, -0.2) is 60.2 Å². The number of hydrogen-bond acceptors (Lipinski definition) is 4. The summed E-state index contributed by atoms with van der Waals surface area (Å²) in [6.45, 7) is 2.82. The Labute approximate surface area is 164 Å². The van der Waals surface area contributed by atoms with Crippen molar-refractivity contribution >= 4 is 17.9 Å². The summed E-state index contributed by atoms with van der Waals surface area (Å²) in [7, 11) is 0. The Morgan fingerprint density at radius 1 is 1.25 bits per heavy atom. The first-order valence-electron chi connectivity index (χ1n) is 9.63. The number of ether oxygens (including phenoxy) is 1. The van der Waals surface area contributed by atoms with E-state index < -0.39 is 11.4 Å². The normalized spacial score (nSPS) is 21.2. The van der Waals surface area contributed by atoms with Crippen molar-refractivity contribution in [2.24, 2.45) is 5.41 Å². The maximum Gasteiger partial charge on any atom is 0.317 e. The number of carboxylic acids is 1. The smallest absolute Gasteiger partial charge is 0.317 e. The van der Waals surface area contributed by atoms with Crippen molar-refractivity contribution in [2.45, 2.75) is 38.6 Å². The van der Waals surface area contributed by atoms with Gasteiger partial charge in [-0.3, -0.25) is 9.59 Å². The van der Waals surface area contributed by atoms with E-state index in [1.165, 1.54) is 0 Å². The molecule has 1 saturated heterocycles. The first-order chi connectivity index (χ1) is 13.4. The minimum atomic E-state index is -0.866. The number of benzene rings is 1. The lowest BCUT2D eigenvalue weighted by molar-refractivity contribution is -0.147. The largest absolute Gasteiger partial charge is 0.484 e. The fraction of sp³-hybridized carbons (Fsp3) is 0.550. The Balaban J connectivity index is 1.36. The van der Waals surface area contributed by atoms with E-state index in [0.717, 1.165) is 18.4 Å². The van der Waals surface area contributed by atoms with Gasteiger partial charge in [0.25, 0.3) is 5.91 Å². The molecule has 1 saturated carbocycles. The van der Waals surface area contributed by atoms with Crippen LogP contribution in [0.2, 0.25) is 0 Å². The van der Waals surface area contributed by atoms with E-state index in [1.54, 1.807) is 24.0 Å². The number of urea groups is 1. The predicted octanol–water partition coefficient (Wildman–Crippen LogP) is 1.39. The van der Waals surface area contributed by atoms with Gasteiger partial charge in [0.2, 0.25) is 0 Å². The highest BCUT2D eigenvalue weighted by Crippen LogP contribution is 2.29. The average molecular weight is 389 g/mol. The van der Waals surface area contributed by atoms with E-state index in [2.05, 4.69) is 10.6 Å². The zero-order valence-electron chi connectivity index (χ0n) is 16.1. The van der Waals surface area contributed by atoms with Crippen molar-refractivity contribution < 1.29 is 24.2 Å². The Hall–Kier alpha value is -2.77. The number of aliphatic carboxylic acids is 1. The lowest BCUT2D eigenvalue weighted by Gasteiger charge is -2.20. The molecule has 1 aliphatic heterocycles. The third-order valence-electron chi connectivity index (χ3n) is 5.20. The van der Waals surface area contributed by atoms with Crippen LogP contribution in [0.3, 0.4) is 0 Å². The average Bonchev–Trinajstić information content (AvgIpc) is 3.38. The summed E-state index contributed by atoms with van der Waals surface area (Å²) in [5.41, 5.74) is 0.176. The van der Waals surface area contributed by atoms with Gasteiger partial charge in [0.1, 0.15) is 5.75 Å². The summed E-state index contributed by atoms with van der Waals surface area (Å²) in [4.78, 5) is 36.6. The van der Waals surface area contributed by atoms with Gasteiger partial charge in [0.05, 0.1) is 5.41 Å². The summed E-state index contributed by atoms with van der Waals surface area (Å²) in [5, 5.41) is 14.9. The third-order valence-corrected chi connectivity index (χ3v) is 5.20. The van der Waals surface area contributed by atoms with Gasteiger partial charge in [0, 0.05) is 25.7 Å². The van der Waals surface area contributed by atoms with Gasteiger partial charge in [-0.1, -0.05) is 12.1 Å². The van der Waals surface area contributed by atoms with Gasteiger partial charge in [0.15, 0.2) is 6.61 Å². The number of rotatable bonds is 8. The van der Waals surface area contributed by atoms with Gasteiger partial charge < -0.3 is 25.4 Å². The number of hydrogen-bond donors (Lipinski definition) is 3. The van der Waals surface area contributed by atoms with Crippen molar-refractivity contribution in [1.29, 1.82) is 0 Å². The quantitative estimate of drug-likeness (QED) is 0.623. The monoisotopic (exact) mass is 389 g/mol. The second kappa shape index (κ2) is 8.50. The van der Waals surface area contributed by atoms with E-state index >= 15 is 0 Å². The maximum atomic E-state index is 12.2. The van der Waals surface area contributed by atoms with Crippen LogP contribution in [0.4, 0.5) is 4.79 Å². The molecule has 0 aromatic heterocycles.